The number of carbonyl (C=O) groups is 1. The second kappa shape index (κ2) is 7.71. The van der Waals surface area contributed by atoms with Crippen molar-refractivity contribution in [3.63, 3.8) is 0 Å². The Labute approximate surface area is 132 Å². The van der Waals surface area contributed by atoms with Crippen molar-refractivity contribution in [2.75, 3.05) is 25.5 Å². The van der Waals surface area contributed by atoms with Gasteiger partial charge in [-0.2, -0.15) is 0 Å². The number of nitrogens with zero attached hydrogens (tertiary/aromatic N) is 2. The number of aromatic nitrogens is 1. The molecule has 2 rings (SSSR count). The van der Waals surface area contributed by atoms with Crippen molar-refractivity contribution in [1.29, 1.82) is 0 Å². The molecule has 0 aliphatic rings. The molecule has 0 saturated carbocycles. The van der Waals surface area contributed by atoms with Gasteiger partial charge in [-0.15, -0.1) is 0 Å². The molecule has 0 saturated heterocycles. The van der Waals surface area contributed by atoms with Crippen LogP contribution in [-0.2, 0) is 11.2 Å². The summed E-state index contributed by atoms with van der Waals surface area (Å²) in [7, 11) is 1.95. The molecule has 0 unspecified atom stereocenters. The second-order valence-corrected chi connectivity index (χ2v) is 5.62. The van der Waals surface area contributed by atoms with E-state index in [1.807, 2.05) is 62.2 Å². The van der Waals surface area contributed by atoms with Gasteiger partial charge in [-0.3, -0.25) is 14.7 Å². The number of aryl methyl sites for hydroxylation is 2. The molecule has 116 valence electrons. The van der Waals surface area contributed by atoms with Gasteiger partial charge in [0.1, 0.15) is 0 Å². The lowest BCUT2D eigenvalue weighted by Gasteiger charge is -2.17. The minimum Gasteiger partial charge on any atom is -0.324 e. The molecule has 1 amide bonds. The standard InChI is InChI=1S/C18H23N3O/c1-14-7-6-8-15(2)18(14)20-17(22)13-21(3)12-10-16-9-4-5-11-19-16/h4-9,11H,10,12-13H2,1-3H3,(H,20,22). The smallest absolute Gasteiger partial charge is 0.238 e. The summed E-state index contributed by atoms with van der Waals surface area (Å²) in [4.78, 5) is 18.5. The van der Waals surface area contributed by atoms with Crippen LogP contribution < -0.4 is 5.32 Å². The Kier molecular flexibility index (Phi) is 5.67. The number of hydrogen-bond acceptors (Lipinski definition) is 3. The number of likely N-dealkylation sites (N-methyl/N-ethyl adjacent to an activating group) is 1. The lowest BCUT2D eigenvalue weighted by Crippen LogP contribution is -2.32. The maximum Gasteiger partial charge on any atom is 0.238 e. The number of amides is 1. The van der Waals surface area contributed by atoms with Crippen molar-refractivity contribution < 1.29 is 4.79 Å². The number of nitrogens with one attached hydrogen (secondary N) is 1. The highest BCUT2D eigenvalue weighted by Gasteiger charge is 2.10. The summed E-state index contributed by atoms with van der Waals surface area (Å²) in [6, 6.07) is 11.9. The van der Waals surface area contributed by atoms with Crippen LogP contribution >= 0.6 is 0 Å². The van der Waals surface area contributed by atoms with Crippen LogP contribution in [-0.4, -0.2) is 35.9 Å². The lowest BCUT2D eigenvalue weighted by atomic mass is 10.1. The average Bonchev–Trinajstić information content (AvgIpc) is 2.50. The molecule has 0 radical (unpaired) electrons. The predicted octanol–water partition coefficient (Wildman–Crippen LogP) is 2.81. The molecule has 0 aliphatic carbocycles. The van der Waals surface area contributed by atoms with E-state index in [1.54, 1.807) is 6.20 Å². The van der Waals surface area contributed by atoms with Crippen LogP contribution in [0, 0.1) is 13.8 Å². The molecule has 1 aromatic heterocycles. The SMILES string of the molecule is Cc1cccc(C)c1NC(=O)CN(C)CCc1ccccn1. The predicted molar refractivity (Wildman–Crippen MR) is 90.0 cm³/mol. The zero-order chi connectivity index (χ0) is 15.9. The first-order valence-corrected chi connectivity index (χ1v) is 7.51. The van der Waals surface area contributed by atoms with E-state index in [4.69, 9.17) is 0 Å². The normalized spacial score (nSPS) is 10.7. The van der Waals surface area contributed by atoms with Crippen LogP contribution in [0.15, 0.2) is 42.6 Å². The molecular formula is C18H23N3O. The number of pyridine rings is 1. The van der Waals surface area contributed by atoms with Crippen LogP contribution in [0.5, 0.6) is 0 Å². The Morgan fingerprint density at radius 2 is 1.86 bits per heavy atom. The van der Waals surface area contributed by atoms with Crippen molar-refractivity contribution in [3.8, 4) is 0 Å². The molecule has 0 spiro atoms. The third-order valence-electron chi connectivity index (χ3n) is 3.63. The number of hydrogen-bond donors (Lipinski definition) is 1. The van der Waals surface area contributed by atoms with Gasteiger partial charge >= 0.3 is 0 Å². The molecule has 4 nitrogen and oxygen atoms in total. The van der Waals surface area contributed by atoms with E-state index in [9.17, 15) is 4.79 Å². The number of para-hydroxylation sites is 1. The number of anilines is 1. The first-order valence-electron chi connectivity index (χ1n) is 7.51. The molecule has 1 heterocycles. The fourth-order valence-electron chi connectivity index (χ4n) is 2.37. The van der Waals surface area contributed by atoms with E-state index in [2.05, 4.69) is 10.3 Å². The zero-order valence-electron chi connectivity index (χ0n) is 13.5. The lowest BCUT2D eigenvalue weighted by molar-refractivity contribution is -0.117. The van der Waals surface area contributed by atoms with E-state index in [1.165, 1.54) is 0 Å². The third-order valence-corrected chi connectivity index (χ3v) is 3.63. The summed E-state index contributed by atoms with van der Waals surface area (Å²) < 4.78 is 0. The highest BCUT2D eigenvalue weighted by Crippen LogP contribution is 2.19. The van der Waals surface area contributed by atoms with Gasteiger partial charge in [-0.25, -0.2) is 0 Å². The first-order chi connectivity index (χ1) is 10.6. The van der Waals surface area contributed by atoms with Crippen molar-refractivity contribution in [1.82, 2.24) is 9.88 Å². The van der Waals surface area contributed by atoms with Crippen LogP contribution in [0.1, 0.15) is 16.8 Å². The quantitative estimate of drug-likeness (QED) is 0.892. The largest absolute Gasteiger partial charge is 0.324 e. The van der Waals surface area contributed by atoms with Gasteiger partial charge in [-0.1, -0.05) is 24.3 Å². The summed E-state index contributed by atoms with van der Waals surface area (Å²) >= 11 is 0. The minimum atomic E-state index is 0.0147. The van der Waals surface area contributed by atoms with Crippen LogP contribution in [0.3, 0.4) is 0 Å². The molecule has 2 aromatic rings. The van der Waals surface area contributed by atoms with E-state index >= 15 is 0 Å². The molecule has 0 aliphatic heterocycles. The van der Waals surface area contributed by atoms with E-state index in [0.717, 1.165) is 35.5 Å². The summed E-state index contributed by atoms with van der Waals surface area (Å²) in [5, 5.41) is 3.01. The van der Waals surface area contributed by atoms with Crippen molar-refractivity contribution in [3.05, 3.63) is 59.4 Å². The van der Waals surface area contributed by atoms with Crippen molar-refractivity contribution >= 4 is 11.6 Å². The summed E-state index contributed by atoms with van der Waals surface area (Å²) in [5.74, 6) is 0.0147. The number of rotatable bonds is 6. The Balaban J connectivity index is 1.84. The van der Waals surface area contributed by atoms with Gasteiger partial charge in [0.05, 0.1) is 6.54 Å². The van der Waals surface area contributed by atoms with E-state index < -0.39 is 0 Å². The van der Waals surface area contributed by atoms with Crippen LogP contribution in [0.4, 0.5) is 5.69 Å². The zero-order valence-corrected chi connectivity index (χ0v) is 13.5. The molecule has 1 N–H and O–H groups in total. The van der Waals surface area contributed by atoms with Gasteiger partial charge in [0.15, 0.2) is 0 Å². The Hall–Kier alpha value is -2.20. The van der Waals surface area contributed by atoms with Gasteiger partial charge < -0.3 is 5.32 Å². The molecule has 1 aromatic carbocycles. The van der Waals surface area contributed by atoms with Crippen molar-refractivity contribution in [2.24, 2.45) is 0 Å². The van der Waals surface area contributed by atoms with Crippen LogP contribution in [0.25, 0.3) is 0 Å². The molecule has 4 heteroatoms. The second-order valence-electron chi connectivity index (χ2n) is 5.62. The summed E-state index contributed by atoms with van der Waals surface area (Å²) in [6.07, 6.45) is 2.64. The Morgan fingerprint density at radius 3 is 2.50 bits per heavy atom. The maximum absolute atomic E-state index is 12.2. The number of benzene rings is 1. The van der Waals surface area contributed by atoms with Crippen molar-refractivity contribution in [2.45, 2.75) is 20.3 Å². The Bertz CT molecular complexity index is 605. The molecule has 0 bridgehead atoms. The van der Waals surface area contributed by atoms with Crippen LogP contribution in [0.2, 0.25) is 0 Å². The van der Waals surface area contributed by atoms with Gasteiger partial charge in [0.25, 0.3) is 0 Å². The average molecular weight is 297 g/mol. The highest BCUT2D eigenvalue weighted by atomic mass is 16.2. The topological polar surface area (TPSA) is 45.2 Å². The summed E-state index contributed by atoms with van der Waals surface area (Å²) in [5.41, 5.74) is 4.14. The third kappa shape index (κ3) is 4.67. The molecule has 22 heavy (non-hydrogen) atoms. The molecular weight excluding hydrogens is 274 g/mol. The van der Waals surface area contributed by atoms with Gasteiger partial charge in [0.2, 0.25) is 5.91 Å². The molecule has 0 atom stereocenters. The first kappa shape index (κ1) is 16.2. The fourth-order valence-corrected chi connectivity index (χ4v) is 2.37. The van der Waals surface area contributed by atoms with Gasteiger partial charge in [-0.05, 0) is 44.2 Å². The summed E-state index contributed by atoms with van der Waals surface area (Å²) in [6.45, 7) is 5.19. The van der Waals surface area contributed by atoms with E-state index in [-0.39, 0.29) is 5.91 Å². The van der Waals surface area contributed by atoms with E-state index in [0.29, 0.717) is 6.54 Å². The maximum atomic E-state index is 12.2. The number of carbonyl (C=O) groups excluding carboxylic acids is 1. The van der Waals surface area contributed by atoms with Gasteiger partial charge in [0, 0.05) is 30.5 Å². The fraction of sp³-hybridized carbons (Fsp3) is 0.333. The monoisotopic (exact) mass is 297 g/mol. The molecule has 0 fully saturated rings. The Morgan fingerprint density at radius 1 is 1.14 bits per heavy atom. The minimum absolute atomic E-state index is 0.0147. The highest BCUT2D eigenvalue weighted by molar-refractivity contribution is 5.93.